The highest BCUT2D eigenvalue weighted by molar-refractivity contribution is 7.92. The average Bonchev–Trinajstić information content (AvgIpc) is 3.11. The van der Waals surface area contributed by atoms with Crippen molar-refractivity contribution in [2.45, 2.75) is 6.10 Å². The summed E-state index contributed by atoms with van der Waals surface area (Å²) in [6, 6.07) is 18.9. The quantitative estimate of drug-likeness (QED) is 0.249. The molecule has 1 heterocycles. The molecule has 4 N–H and O–H groups in total. The number of H-pyrrole nitrogens is 1. The van der Waals surface area contributed by atoms with Crippen molar-refractivity contribution in [2.24, 2.45) is 0 Å². The number of fused-ring (bicyclic) bond motifs is 3. The lowest BCUT2D eigenvalue weighted by Gasteiger charge is -2.15. The fourth-order valence-electron chi connectivity index (χ4n) is 3.55. The maximum Gasteiger partial charge on any atom is 0.229 e. The highest BCUT2D eigenvalue weighted by Crippen LogP contribution is 2.28. The largest absolute Gasteiger partial charge is 0.492 e. The molecule has 176 valence electrons. The van der Waals surface area contributed by atoms with Crippen LogP contribution in [-0.2, 0) is 10.0 Å². The van der Waals surface area contributed by atoms with Gasteiger partial charge in [-0.25, -0.2) is 8.42 Å². The van der Waals surface area contributed by atoms with Crippen LogP contribution in [0.15, 0.2) is 60.7 Å². The van der Waals surface area contributed by atoms with Crippen molar-refractivity contribution in [3.8, 4) is 5.75 Å². The lowest BCUT2D eigenvalue weighted by atomic mass is 10.1. The van der Waals surface area contributed by atoms with Crippen molar-refractivity contribution in [3.05, 3.63) is 71.2 Å². The van der Waals surface area contributed by atoms with Gasteiger partial charge in [0.05, 0.1) is 28.6 Å². The van der Waals surface area contributed by atoms with E-state index in [0.717, 1.165) is 28.4 Å². The number of anilines is 1. The summed E-state index contributed by atoms with van der Waals surface area (Å²) >= 11 is 6.03. The third kappa shape index (κ3) is 6.31. The Labute approximate surface area is 203 Å². The van der Waals surface area contributed by atoms with E-state index in [4.69, 9.17) is 16.3 Å². The zero-order valence-electron chi connectivity index (χ0n) is 17.8. The van der Waals surface area contributed by atoms with Crippen molar-refractivity contribution in [1.82, 2.24) is 10.3 Å². The molecule has 1 aromatic heterocycles. The zero-order chi connectivity index (χ0) is 22.7. The number of rotatable bonds is 9. The van der Waals surface area contributed by atoms with E-state index in [1.165, 1.54) is 11.5 Å². The minimum atomic E-state index is -3.46. The number of aromatic nitrogens is 1. The lowest BCUT2D eigenvalue weighted by Crippen LogP contribution is -2.26. The summed E-state index contributed by atoms with van der Waals surface area (Å²) in [5, 5.41) is 16.2. The molecular weight excluding hydrogens is 485 g/mol. The van der Waals surface area contributed by atoms with Crippen molar-refractivity contribution in [3.63, 3.8) is 0 Å². The van der Waals surface area contributed by atoms with Crippen molar-refractivity contribution < 1.29 is 18.3 Å². The third-order valence-electron chi connectivity index (χ3n) is 5.03. The van der Waals surface area contributed by atoms with E-state index in [1.54, 1.807) is 12.1 Å². The van der Waals surface area contributed by atoms with Gasteiger partial charge in [-0.2, -0.15) is 0 Å². The van der Waals surface area contributed by atoms with E-state index < -0.39 is 16.1 Å². The van der Waals surface area contributed by atoms with Crippen LogP contribution in [0.5, 0.6) is 5.75 Å². The molecule has 0 aliphatic rings. The molecule has 1 atom stereocenters. The Bertz CT molecular complexity index is 1360. The Hall–Kier alpha value is -2.49. The van der Waals surface area contributed by atoms with Crippen LogP contribution in [0.4, 0.5) is 5.69 Å². The van der Waals surface area contributed by atoms with Gasteiger partial charge in [-0.15, -0.1) is 12.4 Å². The van der Waals surface area contributed by atoms with Gasteiger partial charge in [0.1, 0.15) is 12.4 Å². The van der Waals surface area contributed by atoms with Gasteiger partial charge in [0, 0.05) is 35.4 Å². The maximum absolute atomic E-state index is 11.5. The van der Waals surface area contributed by atoms with Crippen LogP contribution >= 0.6 is 24.0 Å². The SMILES string of the molecule is CS(=O)(=O)Nc1cc([C@H](O)CNCCOc2ccc3c(c2)[nH]c2ccccc23)ccc1Cl.Cl. The molecule has 0 bridgehead atoms. The van der Waals surface area contributed by atoms with E-state index in [9.17, 15) is 13.5 Å². The van der Waals surface area contributed by atoms with Gasteiger partial charge < -0.3 is 20.1 Å². The Morgan fingerprint density at radius 1 is 1.06 bits per heavy atom. The van der Waals surface area contributed by atoms with E-state index in [-0.39, 0.29) is 29.7 Å². The first-order chi connectivity index (χ1) is 15.3. The number of aromatic amines is 1. The summed E-state index contributed by atoms with van der Waals surface area (Å²) in [4.78, 5) is 3.39. The lowest BCUT2D eigenvalue weighted by molar-refractivity contribution is 0.172. The summed E-state index contributed by atoms with van der Waals surface area (Å²) in [6.45, 7) is 1.24. The molecule has 3 aromatic carbocycles. The number of nitrogens with one attached hydrogen (secondary N) is 3. The Kier molecular flexibility index (Phi) is 8.10. The second kappa shape index (κ2) is 10.6. The van der Waals surface area contributed by atoms with Gasteiger partial charge in [0.15, 0.2) is 0 Å². The molecule has 33 heavy (non-hydrogen) atoms. The normalized spacial score (nSPS) is 12.5. The first-order valence-electron chi connectivity index (χ1n) is 10.1. The molecule has 0 aliphatic carbocycles. The van der Waals surface area contributed by atoms with Crippen LogP contribution in [-0.4, -0.2) is 44.5 Å². The summed E-state index contributed by atoms with van der Waals surface area (Å²) in [7, 11) is -3.46. The first-order valence-corrected chi connectivity index (χ1v) is 12.4. The second-order valence-electron chi connectivity index (χ2n) is 7.56. The molecule has 0 saturated heterocycles. The van der Waals surface area contributed by atoms with E-state index >= 15 is 0 Å². The third-order valence-corrected chi connectivity index (χ3v) is 5.95. The number of para-hydroxylation sites is 1. The number of aliphatic hydroxyl groups is 1. The highest BCUT2D eigenvalue weighted by Gasteiger charge is 2.12. The van der Waals surface area contributed by atoms with Crippen LogP contribution in [0.25, 0.3) is 21.8 Å². The summed E-state index contributed by atoms with van der Waals surface area (Å²) in [5.74, 6) is 0.764. The van der Waals surface area contributed by atoms with Gasteiger partial charge in [0.25, 0.3) is 0 Å². The molecule has 0 aliphatic heterocycles. The molecule has 0 spiro atoms. The number of hydrogen-bond donors (Lipinski definition) is 4. The number of halogens is 2. The predicted molar refractivity (Wildman–Crippen MR) is 136 cm³/mol. The molecule has 4 aromatic rings. The summed E-state index contributed by atoms with van der Waals surface area (Å²) in [5.41, 5.74) is 2.90. The van der Waals surface area contributed by atoms with Crippen LogP contribution in [0.2, 0.25) is 5.02 Å². The van der Waals surface area contributed by atoms with Gasteiger partial charge in [-0.05, 0) is 35.9 Å². The number of sulfonamides is 1. The molecular formula is C23H25Cl2N3O4S. The molecule has 0 saturated carbocycles. The smallest absolute Gasteiger partial charge is 0.229 e. The standard InChI is InChI=1S/C23H24ClN3O4S.ClH/c1-32(29,30)27-22-12-15(6-9-19(22)24)23(28)14-25-10-11-31-16-7-8-18-17-4-2-3-5-20(17)26-21(18)13-16;/h2-9,12-13,23,25-28H,10-11,14H2,1H3;1H/t23-;/m1./s1. The van der Waals surface area contributed by atoms with Gasteiger partial charge in [0.2, 0.25) is 10.0 Å². The van der Waals surface area contributed by atoms with Gasteiger partial charge in [-0.3, -0.25) is 4.72 Å². The molecule has 7 nitrogen and oxygen atoms in total. The first kappa shape index (κ1) is 25.1. The summed E-state index contributed by atoms with van der Waals surface area (Å²) in [6.07, 6.45) is 0.222. The maximum atomic E-state index is 11.5. The van der Waals surface area contributed by atoms with Crippen molar-refractivity contribution in [1.29, 1.82) is 0 Å². The van der Waals surface area contributed by atoms with Gasteiger partial charge in [-0.1, -0.05) is 35.9 Å². The monoisotopic (exact) mass is 509 g/mol. The molecule has 4 rings (SSSR count). The molecule has 0 radical (unpaired) electrons. The fraction of sp³-hybridized carbons (Fsp3) is 0.217. The minimum absolute atomic E-state index is 0. The Morgan fingerprint density at radius 2 is 1.82 bits per heavy atom. The van der Waals surface area contributed by atoms with E-state index in [1.807, 2.05) is 36.4 Å². The topological polar surface area (TPSA) is 103 Å². The van der Waals surface area contributed by atoms with Crippen LogP contribution in [0, 0.1) is 0 Å². The average molecular weight is 510 g/mol. The minimum Gasteiger partial charge on any atom is -0.492 e. The molecule has 0 unspecified atom stereocenters. The van der Waals surface area contributed by atoms with Crippen LogP contribution in [0.1, 0.15) is 11.7 Å². The number of aliphatic hydroxyl groups excluding tert-OH is 1. The van der Waals surface area contributed by atoms with Crippen molar-refractivity contribution in [2.75, 3.05) is 30.7 Å². The number of ether oxygens (including phenoxy) is 1. The van der Waals surface area contributed by atoms with Crippen molar-refractivity contribution >= 4 is 61.5 Å². The van der Waals surface area contributed by atoms with Crippen LogP contribution in [0.3, 0.4) is 0 Å². The molecule has 0 amide bonds. The molecule has 0 fully saturated rings. The zero-order valence-corrected chi connectivity index (χ0v) is 20.2. The Morgan fingerprint density at radius 3 is 2.61 bits per heavy atom. The summed E-state index contributed by atoms with van der Waals surface area (Å²) < 4.78 is 31.1. The van der Waals surface area contributed by atoms with E-state index in [2.05, 4.69) is 21.1 Å². The van der Waals surface area contributed by atoms with Crippen LogP contribution < -0.4 is 14.8 Å². The molecule has 10 heteroatoms. The predicted octanol–water partition coefficient (Wildman–Crippen LogP) is 4.47. The fourth-order valence-corrected chi connectivity index (χ4v) is 4.34. The number of hydrogen-bond acceptors (Lipinski definition) is 5. The van der Waals surface area contributed by atoms with Gasteiger partial charge >= 0.3 is 0 Å². The number of benzene rings is 3. The van der Waals surface area contributed by atoms with E-state index in [0.29, 0.717) is 18.7 Å². The second-order valence-corrected chi connectivity index (χ2v) is 9.72. The highest BCUT2D eigenvalue weighted by atomic mass is 35.5. The Balaban J connectivity index is 0.00000306.